The lowest BCUT2D eigenvalue weighted by molar-refractivity contribution is 0.0772. The summed E-state index contributed by atoms with van der Waals surface area (Å²) in [5, 5.41) is 1.12. The molecule has 2 aromatic rings. The third kappa shape index (κ3) is 3.74. The van der Waals surface area contributed by atoms with E-state index in [1.165, 1.54) is 0 Å². The molecule has 0 spiro atoms. The summed E-state index contributed by atoms with van der Waals surface area (Å²) in [6.07, 6.45) is 1.59. The highest BCUT2D eigenvalue weighted by Crippen LogP contribution is 2.26. The lowest BCUT2D eigenvalue weighted by atomic mass is 10.1. The fourth-order valence-electron chi connectivity index (χ4n) is 2.09. The second kappa shape index (κ2) is 6.92. The molecule has 1 amide bonds. The maximum Gasteiger partial charge on any atom is 0.255 e. The molecule has 0 atom stereocenters. The fourth-order valence-corrected chi connectivity index (χ4v) is 2.61. The number of aromatic nitrogens is 1. The first-order chi connectivity index (χ1) is 10.0. The van der Waals surface area contributed by atoms with Crippen molar-refractivity contribution in [3.63, 3.8) is 0 Å². The van der Waals surface area contributed by atoms with E-state index < -0.39 is 0 Å². The summed E-state index contributed by atoms with van der Waals surface area (Å²) in [6.45, 7) is 5.27. The molecule has 0 saturated carbocycles. The second-order valence-electron chi connectivity index (χ2n) is 4.57. The third-order valence-corrected chi connectivity index (χ3v) is 3.66. The quantitative estimate of drug-likeness (QED) is 0.828. The van der Waals surface area contributed by atoms with E-state index >= 15 is 0 Å². The molecule has 0 fully saturated rings. The molecule has 110 valence electrons. The molecule has 0 bridgehead atoms. The van der Waals surface area contributed by atoms with E-state index in [-0.39, 0.29) is 5.91 Å². The summed E-state index contributed by atoms with van der Waals surface area (Å²) < 4.78 is 0. The van der Waals surface area contributed by atoms with Crippen molar-refractivity contribution >= 4 is 29.1 Å². The van der Waals surface area contributed by atoms with Gasteiger partial charge >= 0.3 is 0 Å². The summed E-state index contributed by atoms with van der Waals surface area (Å²) in [7, 11) is 0. The first-order valence-corrected chi connectivity index (χ1v) is 7.52. The van der Waals surface area contributed by atoms with Gasteiger partial charge in [0.25, 0.3) is 5.91 Å². The topological polar surface area (TPSA) is 33.2 Å². The average Bonchev–Trinajstić information content (AvgIpc) is 2.47. The minimum atomic E-state index is -0.0109. The molecule has 1 aromatic heterocycles. The first kappa shape index (κ1) is 15.8. The van der Waals surface area contributed by atoms with Crippen LogP contribution in [0.15, 0.2) is 36.5 Å². The van der Waals surface area contributed by atoms with Crippen molar-refractivity contribution in [2.75, 3.05) is 13.1 Å². The highest BCUT2D eigenvalue weighted by Gasteiger charge is 2.13. The molecular formula is C16H16Cl2N2O. The maximum atomic E-state index is 12.2. The summed E-state index contributed by atoms with van der Waals surface area (Å²) in [4.78, 5) is 18.3. The SMILES string of the molecule is CCN(CC)C(=O)c1ccc(-c2cc(Cl)cc(Cl)c2)nc1. The van der Waals surface area contributed by atoms with Crippen molar-refractivity contribution in [3.8, 4) is 11.3 Å². The highest BCUT2D eigenvalue weighted by atomic mass is 35.5. The molecule has 2 rings (SSSR count). The van der Waals surface area contributed by atoms with Crippen molar-refractivity contribution in [1.82, 2.24) is 9.88 Å². The normalized spacial score (nSPS) is 10.5. The Labute approximate surface area is 134 Å². The van der Waals surface area contributed by atoms with Gasteiger partial charge in [-0.15, -0.1) is 0 Å². The van der Waals surface area contributed by atoms with Crippen molar-refractivity contribution < 1.29 is 4.79 Å². The van der Waals surface area contributed by atoms with Crippen LogP contribution in [-0.2, 0) is 0 Å². The summed E-state index contributed by atoms with van der Waals surface area (Å²) in [6, 6.07) is 8.84. The van der Waals surface area contributed by atoms with Gasteiger partial charge in [-0.3, -0.25) is 9.78 Å². The van der Waals surface area contributed by atoms with E-state index in [4.69, 9.17) is 23.2 Å². The van der Waals surface area contributed by atoms with Gasteiger partial charge in [-0.1, -0.05) is 23.2 Å². The standard InChI is InChI=1S/C16H16Cl2N2O/c1-3-20(4-2)16(21)11-5-6-15(19-10-11)12-7-13(17)9-14(18)8-12/h5-10H,3-4H2,1-2H3. The summed E-state index contributed by atoms with van der Waals surface area (Å²) in [5.74, 6) is -0.0109. The predicted molar refractivity (Wildman–Crippen MR) is 86.9 cm³/mol. The number of halogens is 2. The second-order valence-corrected chi connectivity index (χ2v) is 5.44. The van der Waals surface area contributed by atoms with E-state index in [0.717, 1.165) is 11.3 Å². The maximum absolute atomic E-state index is 12.2. The van der Waals surface area contributed by atoms with Crippen LogP contribution in [0, 0.1) is 0 Å². The number of carbonyl (C=O) groups is 1. The number of amides is 1. The molecule has 1 aromatic carbocycles. The van der Waals surface area contributed by atoms with Crippen LogP contribution in [0.1, 0.15) is 24.2 Å². The molecule has 3 nitrogen and oxygen atoms in total. The number of carbonyl (C=O) groups excluding carboxylic acids is 1. The van der Waals surface area contributed by atoms with Gasteiger partial charge < -0.3 is 4.90 Å². The van der Waals surface area contributed by atoms with E-state index in [0.29, 0.717) is 28.7 Å². The summed E-state index contributed by atoms with van der Waals surface area (Å²) in [5.41, 5.74) is 2.14. The zero-order valence-corrected chi connectivity index (χ0v) is 13.4. The van der Waals surface area contributed by atoms with Gasteiger partial charge in [0.1, 0.15) is 0 Å². The predicted octanol–water partition coefficient (Wildman–Crippen LogP) is 4.54. The van der Waals surface area contributed by atoms with Gasteiger partial charge in [0.2, 0.25) is 0 Å². The van der Waals surface area contributed by atoms with Crippen LogP contribution < -0.4 is 0 Å². The summed E-state index contributed by atoms with van der Waals surface area (Å²) >= 11 is 12.0. The Morgan fingerprint density at radius 3 is 2.19 bits per heavy atom. The van der Waals surface area contributed by atoms with Gasteiger partial charge in [0.05, 0.1) is 11.3 Å². The molecule has 5 heteroatoms. The molecule has 0 radical (unpaired) electrons. The Morgan fingerprint density at radius 2 is 1.71 bits per heavy atom. The Bertz CT molecular complexity index is 617. The molecule has 0 N–H and O–H groups in total. The zero-order valence-electron chi connectivity index (χ0n) is 11.9. The molecule has 0 unspecified atom stereocenters. The number of pyridine rings is 1. The lowest BCUT2D eigenvalue weighted by Crippen LogP contribution is -2.30. The number of hydrogen-bond acceptors (Lipinski definition) is 2. The lowest BCUT2D eigenvalue weighted by Gasteiger charge is -2.18. The number of nitrogens with zero attached hydrogens (tertiary/aromatic N) is 2. The minimum absolute atomic E-state index is 0.0109. The van der Waals surface area contributed by atoms with Crippen molar-refractivity contribution in [3.05, 3.63) is 52.1 Å². The van der Waals surface area contributed by atoms with Gasteiger partial charge in [-0.2, -0.15) is 0 Å². The molecule has 0 aliphatic rings. The van der Waals surface area contributed by atoms with E-state index in [2.05, 4.69) is 4.98 Å². The van der Waals surface area contributed by atoms with E-state index in [9.17, 15) is 4.79 Å². The van der Waals surface area contributed by atoms with Crippen LogP contribution in [0.25, 0.3) is 11.3 Å². The Morgan fingerprint density at radius 1 is 1.10 bits per heavy atom. The van der Waals surface area contributed by atoms with E-state index in [1.54, 1.807) is 41.4 Å². The molecule has 0 saturated heterocycles. The van der Waals surface area contributed by atoms with Crippen LogP contribution in [0.5, 0.6) is 0 Å². The fraction of sp³-hybridized carbons (Fsp3) is 0.250. The van der Waals surface area contributed by atoms with Crippen LogP contribution in [-0.4, -0.2) is 28.9 Å². The first-order valence-electron chi connectivity index (χ1n) is 6.77. The van der Waals surface area contributed by atoms with Crippen LogP contribution in [0.4, 0.5) is 0 Å². The smallest absolute Gasteiger partial charge is 0.255 e. The number of rotatable bonds is 4. The van der Waals surface area contributed by atoms with Crippen LogP contribution in [0.2, 0.25) is 10.0 Å². The molecule has 0 aliphatic heterocycles. The van der Waals surface area contributed by atoms with Crippen LogP contribution in [0.3, 0.4) is 0 Å². The molecule has 1 heterocycles. The largest absolute Gasteiger partial charge is 0.339 e. The average molecular weight is 323 g/mol. The zero-order chi connectivity index (χ0) is 15.4. The number of benzene rings is 1. The molecule has 0 aliphatic carbocycles. The van der Waals surface area contributed by atoms with Crippen molar-refractivity contribution in [2.24, 2.45) is 0 Å². The van der Waals surface area contributed by atoms with Gasteiger partial charge in [-0.05, 0) is 44.2 Å². The number of hydrogen-bond donors (Lipinski definition) is 0. The Balaban J connectivity index is 2.28. The van der Waals surface area contributed by atoms with Crippen LogP contribution >= 0.6 is 23.2 Å². The molecular weight excluding hydrogens is 307 g/mol. The third-order valence-electron chi connectivity index (χ3n) is 3.22. The van der Waals surface area contributed by atoms with E-state index in [1.807, 2.05) is 13.8 Å². The van der Waals surface area contributed by atoms with Gasteiger partial charge in [0, 0.05) is 34.9 Å². The Kier molecular flexibility index (Phi) is 5.21. The van der Waals surface area contributed by atoms with Crippen molar-refractivity contribution in [1.29, 1.82) is 0 Å². The monoisotopic (exact) mass is 322 g/mol. The van der Waals surface area contributed by atoms with Gasteiger partial charge in [-0.25, -0.2) is 0 Å². The Hall–Kier alpha value is -1.58. The minimum Gasteiger partial charge on any atom is -0.339 e. The van der Waals surface area contributed by atoms with Crippen molar-refractivity contribution in [2.45, 2.75) is 13.8 Å². The van der Waals surface area contributed by atoms with Gasteiger partial charge in [0.15, 0.2) is 0 Å². The highest BCUT2D eigenvalue weighted by molar-refractivity contribution is 6.35. The molecule has 21 heavy (non-hydrogen) atoms.